The summed E-state index contributed by atoms with van der Waals surface area (Å²) >= 11 is 0. The van der Waals surface area contributed by atoms with Crippen molar-refractivity contribution in [2.75, 3.05) is 67.8 Å². The minimum absolute atomic E-state index is 0.0811. The summed E-state index contributed by atoms with van der Waals surface area (Å²) < 4.78 is 10.8. The van der Waals surface area contributed by atoms with Crippen LogP contribution in [0.15, 0.2) is 23.3 Å². The van der Waals surface area contributed by atoms with Crippen molar-refractivity contribution in [1.29, 1.82) is 0 Å². The second-order valence-corrected chi connectivity index (χ2v) is 6.78. The fraction of sp³-hybridized carbons (Fsp3) is 0.444. The lowest BCUT2D eigenvalue weighted by atomic mass is 10.2. The number of aromatic nitrogens is 3. The van der Waals surface area contributed by atoms with E-state index in [0.717, 1.165) is 6.07 Å². The van der Waals surface area contributed by atoms with E-state index >= 15 is 0 Å². The zero-order valence-electron chi connectivity index (χ0n) is 16.6. The predicted octanol–water partition coefficient (Wildman–Crippen LogP) is -0.0274. The summed E-state index contributed by atoms with van der Waals surface area (Å²) in [5.41, 5.74) is 2.29. The molecule has 1 N–H and O–H groups in total. The van der Waals surface area contributed by atoms with E-state index in [4.69, 9.17) is 9.47 Å². The summed E-state index contributed by atoms with van der Waals surface area (Å²) in [7, 11) is 0. The van der Waals surface area contributed by atoms with Crippen LogP contribution < -0.4 is 20.3 Å². The first-order valence-electron chi connectivity index (χ1n) is 9.77. The molecular weight excluding hydrogens is 408 g/mol. The zero-order chi connectivity index (χ0) is 21.6. The van der Waals surface area contributed by atoms with Crippen LogP contribution in [0.1, 0.15) is 5.56 Å². The number of ether oxygens (including phenoxy) is 2. The van der Waals surface area contributed by atoms with E-state index in [1.165, 1.54) is 18.3 Å². The van der Waals surface area contributed by atoms with E-state index in [2.05, 4.69) is 25.5 Å². The van der Waals surface area contributed by atoms with Gasteiger partial charge in [0.2, 0.25) is 17.8 Å². The minimum atomic E-state index is -0.720. The predicted molar refractivity (Wildman–Crippen MR) is 110 cm³/mol. The third-order valence-corrected chi connectivity index (χ3v) is 4.79. The Morgan fingerprint density at radius 3 is 2.13 bits per heavy atom. The Hall–Kier alpha value is -3.58. The molecular formula is C18H21N8O5-. The molecule has 0 spiro atoms. The van der Waals surface area contributed by atoms with Crippen LogP contribution in [-0.4, -0.2) is 78.7 Å². The van der Waals surface area contributed by atoms with Gasteiger partial charge in [-0.25, -0.2) is 5.43 Å². The number of nitro benzene ring substituents is 1. The molecule has 1 aromatic carbocycles. The number of hydrogen-bond acceptors (Lipinski definition) is 12. The first-order valence-corrected chi connectivity index (χ1v) is 9.77. The third-order valence-electron chi connectivity index (χ3n) is 4.79. The summed E-state index contributed by atoms with van der Waals surface area (Å²) in [4.78, 5) is 27.7. The van der Waals surface area contributed by atoms with Crippen LogP contribution in [0.25, 0.3) is 0 Å². The molecule has 0 saturated carbocycles. The SMILES string of the molecule is O=[N+]([O-])c1cccc(/C=N\Nc2nc(N3CCOCC3)nc(N3CCOCC3)n2)c1[O-]. The van der Waals surface area contributed by atoms with Gasteiger partial charge in [-0.05, 0) is 11.3 Å². The first-order chi connectivity index (χ1) is 15.1. The second kappa shape index (κ2) is 9.49. The highest BCUT2D eigenvalue weighted by molar-refractivity contribution is 5.85. The number of rotatable bonds is 6. The monoisotopic (exact) mass is 429 g/mol. The van der Waals surface area contributed by atoms with Gasteiger partial charge >= 0.3 is 0 Å². The van der Waals surface area contributed by atoms with Gasteiger partial charge in [0.05, 0.1) is 37.6 Å². The van der Waals surface area contributed by atoms with Crippen LogP contribution >= 0.6 is 0 Å². The van der Waals surface area contributed by atoms with Crippen LogP contribution in [0.3, 0.4) is 0 Å². The molecule has 13 nitrogen and oxygen atoms in total. The fourth-order valence-corrected chi connectivity index (χ4v) is 3.16. The summed E-state index contributed by atoms with van der Waals surface area (Å²) in [6.45, 7) is 4.95. The highest BCUT2D eigenvalue weighted by atomic mass is 16.6. The van der Waals surface area contributed by atoms with Crippen molar-refractivity contribution in [3.63, 3.8) is 0 Å². The highest BCUT2D eigenvalue weighted by Crippen LogP contribution is 2.25. The van der Waals surface area contributed by atoms with Crippen LogP contribution in [0.2, 0.25) is 0 Å². The van der Waals surface area contributed by atoms with Gasteiger partial charge in [-0.15, -0.1) is 0 Å². The van der Waals surface area contributed by atoms with Gasteiger partial charge in [-0.3, -0.25) is 10.1 Å². The molecule has 2 aliphatic rings. The lowest BCUT2D eigenvalue weighted by Gasteiger charge is -2.30. The van der Waals surface area contributed by atoms with Crippen LogP contribution in [0.5, 0.6) is 5.75 Å². The molecule has 0 amide bonds. The number of para-hydroxylation sites is 1. The van der Waals surface area contributed by atoms with Crippen molar-refractivity contribution in [2.24, 2.45) is 5.10 Å². The molecule has 164 valence electrons. The van der Waals surface area contributed by atoms with E-state index in [1.807, 2.05) is 9.80 Å². The molecule has 0 atom stereocenters. The van der Waals surface area contributed by atoms with Crippen LogP contribution in [0, 0.1) is 10.1 Å². The molecule has 0 radical (unpaired) electrons. The van der Waals surface area contributed by atoms with Crippen molar-refractivity contribution in [3.05, 3.63) is 33.9 Å². The van der Waals surface area contributed by atoms with Gasteiger partial charge in [-0.2, -0.15) is 20.1 Å². The summed E-state index contributed by atoms with van der Waals surface area (Å²) in [5.74, 6) is 0.485. The number of benzene rings is 1. The maximum Gasteiger partial charge on any atom is 0.262 e. The van der Waals surface area contributed by atoms with Gasteiger partial charge < -0.3 is 24.4 Å². The van der Waals surface area contributed by atoms with Gasteiger partial charge in [-0.1, -0.05) is 12.1 Å². The lowest BCUT2D eigenvalue weighted by molar-refractivity contribution is -0.398. The number of hydrogen-bond donors (Lipinski definition) is 1. The summed E-state index contributed by atoms with van der Waals surface area (Å²) in [5, 5.41) is 27.1. The molecule has 2 saturated heterocycles. The highest BCUT2D eigenvalue weighted by Gasteiger charge is 2.20. The summed E-state index contributed by atoms with van der Waals surface area (Å²) in [6, 6.07) is 4.03. The maximum atomic E-state index is 12.1. The molecule has 2 aromatic rings. The first kappa shape index (κ1) is 20.7. The molecule has 2 aliphatic heterocycles. The molecule has 31 heavy (non-hydrogen) atoms. The molecule has 3 heterocycles. The number of morpholine rings is 2. The van der Waals surface area contributed by atoms with Crippen LogP contribution in [-0.2, 0) is 9.47 Å². The second-order valence-electron chi connectivity index (χ2n) is 6.78. The Bertz CT molecular complexity index is 924. The Morgan fingerprint density at radius 1 is 1.00 bits per heavy atom. The standard InChI is InChI=1S/C18H22N8O5/c27-15-13(2-1-3-14(15)26(28)29)12-19-23-16-20-17(24-4-8-30-9-5-24)22-18(21-16)25-6-10-31-11-7-25/h1-3,12,27H,4-11H2,(H,20,21,22,23)/p-1/b19-12-. The Labute approximate surface area is 177 Å². The van der Waals surface area contributed by atoms with Crippen molar-refractivity contribution in [2.45, 2.75) is 0 Å². The molecule has 2 fully saturated rings. The minimum Gasteiger partial charge on any atom is -0.867 e. The summed E-state index contributed by atoms with van der Waals surface area (Å²) in [6.07, 6.45) is 1.21. The number of nitrogens with zero attached hydrogens (tertiary/aromatic N) is 7. The fourth-order valence-electron chi connectivity index (χ4n) is 3.16. The Kier molecular flexibility index (Phi) is 6.33. The Balaban J connectivity index is 1.57. The number of nitro groups is 1. The number of hydrazone groups is 1. The number of nitrogens with one attached hydrogen (secondary N) is 1. The van der Waals surface area contributed by atoms with Gasteiger partial charge in [0.15, 0.2) is 0 Å². The topological polar surface area (TPSA) is 154 Å². The van der Waals surface area contributed by atoms with Crippen molar-refractivity contribution < 1.29 is 19.5 Å². The van der Waals surface area contributed by atoms with E-state index in [-0.39, 0.29) is 11.5 Å². The average Bonchev–Trinajstić information content (AvgIpc) is 2.81. The third kappa shape index (κ3) is 4.95. The molecule has 0 unspecified atom stereocenters. The largest absolute Gasteiger partial charge is 0.867 e. The van der Waals surface area contributed by atoms with E-state index < -0.39 is 16.4 Å². The molecule has 1 aromatic heterocycles. The van der Waals surface area contributed by atoms with Gasteiger partial charge in [0.25, 0.3) is 5.69 Å². The molecule has 13 heteroatoms. The smallest absolute Gasteiger partial charge is 0.262 e. The Morgan fingerprint density at radius 2 is 1.58 bits per heavy atom. The van der Waals surface area contributed by atoms with Crippen LogP contribution in [0.4, 0.5) is 23.5 Å². The average molecular weight is 429 g/mol. The van der Waals surface area contributed by atoms with E-state index in [9.17, 15) is 15.2 Å². The normalized spacial score (nSPS) is 17.2. The van der Waals surface area contributed by atoms with E-state index in [0.29, 0.717) is 64.5 Å². The molecule has 0 bridgehead atoms. The molecule has 0 aliphatic carbocycles. The van der Waals surface area contributed by atoms with E-state index in [1.54, 1.807) is 0 Å². The molecule has 4 rings (SSSR count). The van der Waals surface area contributed by atoms with Crippen molar-refractivity contribution >= 4 is 29.7 Å². The van der Waals surface area contributed by atoms with Crippen molar-refractivity contribution in [1.82, 2.24) is 15.0 Å². The zero-order valence-corrected chi connectivity index (χ0v) is 16.6. The number of anilines is 3. The van der Waals surface area contributed by atoms with Gasteiger partial charge in [0.1, 0.15) is 0 Å². The van der Waals surface area contributed by atoms with Crippen molar-refractivity contribution in [3.8, 4) is 5.75 Å². The van der Waals surface area contributed by atoms with Gasteiger partial charge in [0, 0.05) is 32.2 Å². The maximum absolute atomic E-state index is 12.1. The quantitative estimate of drug-likeness (QED) is 0.374. The lowest BCUT2D eigenvalue weighted by Crippen LogP contribution is -2.40.